The van der Waals surface area contributed by atoms with E-state index < -0.39 is 59.9 Å². The first-order valence-electron chi connectivity index (χ1n) is 12.6. The van der Waals surface area contributed by atoms with E-state index in [1.54, 1.807) is 33.8 Å². The van der Waals surface area contributed by atoms with E-state index in [0.717, 1.165) is 12.8 Å². The molecule has 2 aliphatic heterocycles. The highest BCUT2D eigenvalue weighted by molar-refractivity contribution is 8.00. The molecule has 202 valence electrons. The van der Waals surface area contributed by atoms with Crippen molar-refractivity contribution in [2.24, 2.45) is 11.8 Å². The molecule has 6 atom stereocenters. The molecule has 2 saturated heterocycles. The Kier molecular flexibility index (Phi) is 11.3. The number of unbranched alkanes of at least 4 members (excludes halogenated alkanes) is 1. The fourth-order valence-electron chi connectivity index (χ4n) is 3.92. The summed E-state index contributed by atoms with van der Waals surface area (Å²) in [7, 11) is 0. The molecule has 2 aliphatic rings. The molecular weight excluding hydrogens is 484 g/mol. The standard InChI is InChI=1S/C25H40N4O6S/c1-7-8-9-10-16-11-18(30)27-19(13(2)3)23(32)26-17-12-36-15(6)21(29-22(17)31)24(33)28-20(14(4)5)25(34)35-16/h9-10,13-17,19-21H,7-8,11-12H2,1-6H3,(H,26,32)(H,27,30)(H,28,33)(H,29,31)/b10-9+/t15?,16-,17+,19+,20-,21?/m0/s1. The molecule has 10 nitrogen and oxygen atoms in total. The Morgan fingerprint density at radius 2 is 1.58 bits per heavy atom. The van der Waals surface area contributed by atoms with Crippen molar-refractivity contribution >= 4 is 41.4 Å². The average Bonchev–Trinajstić information content (AvgIpc) is 2.93. The lowest BCUT2D eigenvalue weighted by molar-refractivity contribution is -0.153. The first kappa shape index (κ1) is 29.7. The summed E-state index contributed by atoms with van der Waals surface area (Å²) in [5, 5.41) is 10.6. The molecule has 11 heteroatoms. The number of cyclic esters (lactones) is 1. The van der Waals surface area contributed by atoms with Crippen LogP contribution in [0.5, 0.6) is 0 Å². The lowest BCUT2D eigenvalue weighted by atomic mass is 10.0. The van der Waals surface area contributed by atoms with E-state index in [1.807, 2.05) is 19.9 Å². The summed E-state index contributed by atoms with van der Waals surface area (Å²) < 4.78 is 5.67. The topological polar surface area (TPSA) is 143 Å². The Hall–Kier alpha value is -2.56. The second-order valence-corrected chi connectivity index (χ2v) is 11.4. The number of esters is 1. The van der Waals surface area contributed by atoms with Crippen LogP contribution in [-0.4, -0.2) is 70.9 Å². The van der Waals surface area contributed by atoms with Crippen LogP contribution in [0.15, 0.2) is 12.2 Å². The zero-order valence-corrected chi connectivity index (χ0v) is 22.8. The summed E-state index contributed by atoms with van der Waals surface area (Å²) in [6.07, 6.45) is 4.10. The summed E-state index contributed by atoms with van der Waals surface area (Å²) >= 11 is 1.37. The van der Waals surface area contributed by atoms with E-state index in [4.69, 9.17) is 4.74 Å². The van der Waals surface area contributed by atoms with Crippen LogP contribution in [0.25, 0.3) is 0 Å². The highest BCUT2D eigenvalue weighted by atomic mass is 32.2. The molecule has 2 bridgehead atoms. The number of carbonyl (C=O) groups is 5. The van der Waals surface area contributed by atoms with Crippen molar-refractivity contribution in [3.8, 4) is 0 Å². The van der Waals surface area contributed by atoms with Crippen LogP contribution in [-0.2, 0) is 28.7 Å². The summed E-state index contributed by atoms with van der Waals surface area (Å²) in [5.41, 5.74) is 0. The maximum absolute atomic E-state index is 13.2. The summed E-state index contributed by atoms with van der Waals surface area (Å²) in [4.78, 5) is 65.2. The average molecular weight is 525 g/mol. The van der Waals surface area contributed by atoms with Crippen LogP contribution in [0, 0.1) is 11.8 Å². The number of allylic oxidation sites excluding steroid dienone is 1. The number of nitrogens with one attached hydrogen (secondary N) is 4. The lowest BCUT2D eigenvalue weighted by Crippen LogP contribution is -2.59. The number of carbonyl (C=O) groups excluding carboxylic acids is 5. The number of hydrogen-bond acceptors (Lipinski definition) is 7. The largest absolute Gasteiger partial charge is 0.456 e. The van der Waals surface area contributed by atoms with Crippen molar-refractivity contribution in [1.82, 2.24) is 21.3 Å². The predicted molar refractivity (Wildman–Crippen MR) is 138 cm³/mol. The monoisotopic (exact) mass is 524 g/mol. The van der Waals surface area contributed by atoms with Crippen molar-refractivity contribution in [3.05, 3.63) is 12.2 Å². The quantitative estimate of drug-likeness (QED) is 0.311. The summed E-state index contributed by atoms with van der Waals surface area (Å²) in [5.74, 6) is -2.91. The summed E-state index contributed by atoms with van der Waals surface area (Å²) in [6.45, 7) is 11.0. The van der Waals surface area contributed by atoms with Crippen molar-refractivity contribution in [3.63, 3.8) is 0 Å². The number of fused-ring (bicyclic) bond motifs is 3. The van der Waals surface area contributed by atoms with Gasteiger partial charge in [-0.2, -0.15) is 11.8 Å². The maximum Gasteiger partial charge on any atom is 0.329 e. The zero-order chi connectivity index (χ0) is 27.0. The van der Waals surface area contributed by atoms with E-state index in [-0.39, 0.29) is 29.3 Å². The Morgan fingerprint density at radius 1 is 0.917 bits per heavy atom. The Balaban J connectivity index is 2.44. The van der Waals surface area contributed by atoms with Crippen molar-refractivity contribution < 1.29 is 28.7 Å². The van der Waals surface area contributed by atoms with E-state index >= 15 is 0 Å². The van der Waals surface area contributed by atoms with Crippen LogP contribution < -0.4 is 21.3 Å². The van der Waals surface area contributed by atoms with Gasteiger partial charge in [0.15, 0.2) is 0 Å². The molecule has 2 fully saturated rings. The van der Waals surface area contributed by atoms with Gasteiger partial charge in [-0.3, -0.25) is 19.2 Å². The molecular formula is C25H40N4O6S. The van der Waals surface area contributed by atoms with Gasteiger partial charge in [-0.25, -0.2) is 4.79 Å². The molecule has 4 amide bonds. The Bertz CT molecular complexity index is 861. The second-order valence-electron chi connectivity index (χ2n) is 10.0. The highest BCUT2D eigenvalue weighted by Crippen LogP contribution is 2.21. The van der Waals surface area contributed by atoms with Crippen LogP contribution in [0.1, 0.15) is 60.8 Å². The van der Waals surface area contributed by atoms with Gasteiger partial charge in [0.25, 0.3) is 0 Å². The van der Waals surface area contributed by atoms with Gasteiger partial charge in [0.1, 0.15) is 30.3 Å². The third kappa shape index (κ3) is 8.25. The molecule has 2 rings (SSSR count). The number of rotatable bonds is 5. The van der Waals surface area contributed by atoms with Gasteiger partial charge >= 0.3 is 5.97 Å². The molecule has 0 aromatic carbocycles. The molecule has 2 unspecified atom stereocenters. The van der Waals surface area contributed by atoms with Gasteiger partial charge in [0.2, 0.25) is 23.6 Å². The highest BCUT2D eigenvalue weighted by Gasteiger charge is 2.39. The molecule has 0 spiro atoms. The van der Waals surface area contributed by atoms with Crippen LogP contribution >= 0.6 is 11.8 Å². The Labute approximate surface area is 217 Å². The molecule has 0 aromatic heterocycles. The number of ether oxygens (including phenoxy) is 1. The van der Waals surface area contributed by atoms with E-state index in [9.17, 15) is 24.0 Å². The minimum absolute atomic E-state index is 0.180. The van der Waals surface area contributed by atoms with Crippen LogP contribution in [0.4, 0.5) is 0 Å². The normalized spacial score (nSPS) is 31.1. The second kappa shape index (κ2) is 13.7. The SMILES string of the molecule is CCC/C=C/[C@H]1CC(=O)N[C@H](C(C)C)C(=O)N[C@@H]2CSC(C)C(NC2=O)C(=O)N[C@@H](C(C)C)C(=O)O1. The first-order valence-corrected chi connectivity index (χ1v) is 13.7. The molecule has 0 aliphatic carbocycles. The minimum atomic E-state index is -0.966. The first-order chi connectivity index (χ1) is 16.9. The van der Waals surface area contributed by atoms with Gasteiger partial charge in [0, 0.05) is 11.0 Å². The van der Waals surface area contributed by atoms with Gasteiger partial charge < -0.3 is 26.0 Å². The molecule has 0 aromatic rings. The molecule has 36 heavy (non-hydrogen) atoms. The number of thioether (sulfide) groups is 1. The van der Waals surface area contributed by atoms with Crippen LogP contribution in [0.3, 0.4) is 0 Å². The molecule has 2 heterocycles. The van der Waals surface area contributed by atoms with Gasteiger partial charge in [-0.1, -0.05) is 54.0 Å². The van der Waals surface area contributed by atoms with Gasteiger partial charge in [-0.05, 0) is 24.3 Å². The zero-order valence-electron chi connectivity index (χ0n) is 22.0. The Morgan fingerprint density at radius 3 is 2.19 bits per heavy atom. The van der Waals surface area contributed by atoms with E-state index in [2.05, 4.69) is 21.3 Å². The van der Waals surface area contributed by atoms with Crippen molar-refractivity contribution in [1.29, 1.82) is 0 Å². The number of hydrogen-bond donors (Lipinski definition) is 4. The fourth-order valence-corrected chi connectivity index (χ4v) is 5.03. The maximum atomic E-state index is 13.2. The smallest absolute Gasteiger partial charge is 0.329 e. The summed E-state index contributed by atoms with van der Waals surface area (Å²) in [6, 6.07) is -3.62. The van der Waals surface area contributed by atoms with E-state index in [0.29, 0.717) is 0 Å². The minimum Gasteiger partial charge on any atom is -0.456 e. The van der Waals surface area contributed by atoms with Crippen molar-refractivity contribution in [2.45, 2.75) is 96.3 Å². The van der Waals surface area contributed by atoms with Gasteiger partial charge in [0.05, 0.1) is 6.42 Å². The lowest BCUT2D eigenvalue weighted by Gasteiger charge is -2.28. The molecule has 4 N–H and O–H groups in total. The molecule has 0 saturated carbocycles. The van der Waals surface area contributed by atoms with Crippen molar-refractivity contribution in [2.75, 3.05) is 5.75 Å². The van der Waals surface area contributed by atoms with E-state index in [1.165, 1.54) is 11.8 Å². The third-order valence-electron chi connectivity index (χ3n) is 6.15. The predicted octanol–water partition coefficient (Wildman–Crippen LogP) is 1.04. The third-order valence-corrected chi connectivity index (χ3v) is 7.48. The van der Waals surface area contributed by atoms with Crippen LogP contribution in [0.2, 0.25) is 0 Å². The molecule has 0 radical (unpaired) electrons. The van der Waals surface area contributed by atoms with Gasteiger partial charge in [-0.15, -0.1) is 0 Å². The number of amides is 4. The fraction of sp³-hybridized carbons (Fsp3) is 0.720.